The number of ether oxygens (including phenoxy) is 2. The van der Waals surface area contributed by atoms with Crippen LogP contribution in [-0.4, -0.2) is 25.2 Å². The first-order valence-electron chi connectivity index (χ1n) is 12.7. The minimum atomic E-state index is -0.319. The van der Waals surface area contributed by atoms with Crippen molar-refractivity contribution in [3.63, 3.8) is 0 Å². The summed E-state index contributed by atoms with van der Waals surface area (Å²) < 4.78 is 23.2. The van der Waals surface area contributed by atoms with Crippen LogP contribution in [0.4, 0.5) is 4.39 Å². The summed E-state index contributed by atoms with van der Waals surface area (Å²) >= 11 is 0. The van der Waals surface area contributed by atoms with Crippen LogP contribution in [-0.2, 0) is 25.5 Å². The van der Waals surface area contributed by atoms with Gasteiger partial charge in [-0.15, -0.1) is 0 Å². The van der Waals surface area contributed by atoms with E-state index in [1.807, 2.05) is 0 Å². The fraction of sp³-hybridized carbons (Fsp3) is 0.704. The van der Waals surface area contributed by atoms with Crippen LogP contribution >= 0.6 is 0 Å². The number of carbonyl (C=O) groups is 2. The highest BCUT2D eigenvalue weighted by Crippen LogP contribution is 2.12. The Balaban J connectivity index is 1.85. The topological polar surface area (TPSA) is 52.6 Å². The van der Waals surface area contributed by atoms with Gasteiger partial charge < -0.3 is 9.47 Å². The first-order chi connectivity index (χ1) is 15.6. The molecule has 0 N–H and O–H groups in total. The third kappa shape index (κ3) is 16.7. The van der Waals surface area contributed by atoms with Crippen LogP contribution in [0.5, 0.6) is 0 Å². The molecule has 0 atom stereocenters. The third-order valence-electron chi connectivity index (χ3n) is 5.59. The summed E-state index contributed by atoms with van der Waals surface area (Å²) in [6, 6.07) is 6.13. The molecule has 1 aromatic carbocycles. The number of unbranched alkanes of at least 4 members (excludes halogenated alkanes) is 11. The molecule has 0 radical (unpaired) electrons. The Bertz CT molecular complexity index is 600. The predicted molar refractivity (Wildman–Crippen MR) is 127 cm³/mol. The van der Waals surface area contributed by atoms with Crippen molar-refractivity contribution in [1.29, 1.82) is 0 Å². The van der Waals surface area contributed by atoms with E-state index in [2.05, 4.69) is 6.92 Å². The molecule has 0 spiro atoms. The molecular formula is C27H43FO4. The molecule has 0 heterocycles. The highest BCUT2D eigenvalue weighted by molar-refractivity contribution is 5.72. The van der Waals surface area contributed by atoms with E-state index in [4.69, 9.17) is 9.47 Å². The van der Waals surface area contributed by atoms with Crippen molar-refractivity contribution in [2.75, 3.05) is 13.2 Å². The number of benzene rings is 1. The normalized spacial score (nSPS) is 10.8. The lowest BCUT2D eigenvalue weighted by molar-refractivity contribution is -0.145. The van der Waals surface area contributed by atoms with Crippen molar-refractivity contribution < 1.29 is 23.5 Å². The monoisotopic (exact) mass is 450 g/mol. The molecule has 1 rings (SSSR count). The second-order valence-electron chi connectivity index (χ2n) is 8.56. The average molecular weight is 451 g/mol. The minimum absolute atomic E-state index is 0.205. The van der Waals surface area contributed by atoms with Crippen LogP contribution in [0, 0.1) is 5.82 Å². The zero-order chi connectivity index (χ0) is 23.3. The molecule has 182 valence electrons. The van der Waals surface area contributed by atoms with Crippen LogP contribution in [0.2, 0.25) is 0 Å². The van der Waals surface area contributed by atoms with Gasteiger partial charge in [0.1, 0.15) is 5.82 Å². The third-order valence-corrected chi connectivity index (χ3v) is 5.59. The summed E-state index contributed by atoms with van der Waals surface area (Å²) in [5.41, 5.74) is 0.917. The summed E-state index contributed by atoms with van der Waals surface area (Å²) in [5, 5.41) is 0. The van der Waals surface area contributed by atoms with E-state index >= 15 is 0 Å². The van der Waals surface area contributed by atoms with E-state index in [1.54, 1.807) is 12.1 Å². The molecule has 0 aliphatic heterocycles. The highest BCUT2D eigenvalue weighted by Gasteiger charge is 2.07. The van der Waals surface area contributed by atoms with E-state index in [1.165, 1.54) is 76.3 Å². The largest absolute Gasteiger partial charge is 0.466 e. The standard InChI is InChI=1S/C27H43FO4/c1-2-3-4-5-6-7-8-9-10-11-12-13-22-31-26(29)15-14-16-27(30)32-23-21-24-17-19-25(28)20-18-24/h17-20H,2-16,21-23H2,1H3. The lowest BCUT2D eigenvalue weighted by atomic mass is 10.1. The molecule has 0 saturated carbocycles. The molecule has 4 nitrogen and oxygen atoms in total. The number of rotatable bonds is 20. The summed E-state index contributed by atoms with van der Waals surface area (Å²) in [6.45, 7) is 2.98. The lowest BCUT2D eigenvalue weighted by Gasteiger charge is -2.06. The van der Waals surface area contributed by atoms with Crippen LogP contribution in [0.1, 0.15) is 109 Å². The molecule has 1 aromatic rings. The van der Waals surface area contributed by atoms with Crippen molar-refractivity contribution in [3.05, 3.63) is 35.6 Å². The van der Waals surface area contributed by atoms with Gasteiger partial charge in [-0.1, -0.05) is 89.7 Å². The lowest BCUT2D eigenvalue weighted by Crippen LogP contribution is -2.10. The maximum absolute atomic E-state index is 12.8. The zero-order valence-corrected chi connectivity index (χ0v) is 20.0. The van der Waals surface area contributed by atoms with Crippen molar-refractivity contribution in [3.8, 4) is 0 Å². The smallest absolute Gasteiger partial charge is 0.305 e. The first-order valence-corrected chi connectivity index (χ1v) is 12.7. The van der Waals surface area contributed by atoms with Gasteiger partial charge in [0.15, 0.2) is 0 Å². The van der Waals surface area contributed by atoms with Gasteiger partial charge in [-0.2, -0.15) is 0 Å². The molecule has 0 bridgehead atoms. The second-order valence-corrected chi connectivity index (χ2v) is 8.56. The maximum Gasteiger partial charge on any atom is 0.305 e. The summed E-state index contributed by atoms with van der Waals surface area (Å²) in [4.78, 5) is 23.5. The van der Waals surface area contributed by atoms with E-state index in [9.17, 15) is 14.0 Å². The van der Waals surface area contributed by atoms with E-state index in [0.29, 0.717) is 19.4 Å². The number of carbonyl (C=O) groups excluding carboxylic acids is 2. The van der Waals surface area contributed by atoms with Crippen molar-refractivity contribution in [2.45, 2.75) is 110 Å². The van der Waals surface area contributed by atoms with E-state index in [-0.39, 0.29) is 37.2 Å². The molecule has 0 aliphatic rings. The number of halogens is 1. The van der Waals surface area contributed by atoms with Crippen LogP contribution in [0.25, 0.3) is 0 Å². The van der Waals surface area contributed by atoms with Crippen molar-refractivity contribution in [2.24, 2.45) is 0 Å². The minimum Gasteiger partial charge on any atom is -0.466 e. The van der Waals surface area contributed by atoms with E-state index < -0.39 is 0 Å². The van der Waals surface area contributed by atoms with Gasteiger partial charge >= 0.3 is 11.9 Å². The summed E-state index contributed by atoms with van der Waals surface area (Å²) in [6.07, 6.45) is 16.8. The average Bonchev–Trinajstić information content (AvgIpc) is 2.78. The van der Waals surface area contributed by atoms with E-state index in [0.717, 1.165) is 18.4 Å². The number of hydrogen-bond donors (Lipinski definition) is 0. The Labute approximate surface area is 194 Å². The SMILES string of the molecule is CCCCCCCCCCCCCCOC(=O)CCCC(=O)OCCc1ccc(F)cc1. The Kier molecular flexibility index (Phi) is 17.4. The summed E-state index contributed by atoms with van der Waals surface area (Å²) in [5.74, 6) is -0.843. The molecule has 0 fully saturated rings. The maximum atomic E-state index is 12.8. The van der Waals surface area contributed by atoms with Gasteiger partial charge in [0.05, 0.1) is 13.2 Å². The highest BCUT2D eigenvalue weighted by atomic mass is 19.1. The van der Waals surface area contributed by atoms with Crippen molar-refractivity contribution in [1.82, 2.24) is 0 Å². The summed E-state index contributed by atoms with van der Waals surface area (Å²) in [7, 11) is 0. The van der Waals surface area contributed by atoms with Gasteiger partial charge in [0.25, 0.3) is 0 Å². The predicted octanol–water partition coefficient (Wildman–Crippen LogP) is 7.33. The van der Waals surface area contributed by atoms with Gasteiger partial charge in [-0.3, -0.25) is 9.59 Å². The van der Waals surface area contributed by atoms with Gasteiger partial charge in [0, 0.05) is 19.3 Å². The molecule has 0 unspecified atom stereocenters. The Morgan fingerprint density at radius 1 is 0.656 bits per heavy atom. The molecular weight excluding hydrogens is 407 g/mol. The molecule has 0 aliphatic carbocycles. The van der Waals surface area contributed by atoms with Gasteiger partial charge in [-0.05, 0) is 30.5 Å². The number of hydrogen-bond acceptors (Lipinski definition) is 4. The molecule has 0 amide bonds. The van der Waals surface area contributed by atoms with Crippen LogP contribution < -0.4 is 0 Å². The second kappa shape index (κ2) is 19.8. The first kappa shape index (κ1) is 28.1. The Morgan fingerprint density at radius 3 is 1.66 bits per heavy atom. The van der Waals surface area contributed by atoms with Crippen molar-refractivity contribution >= 4 is 11.9 Å². The molecule has 32 heavy (non-hydrogen) atoms. The fourth-order valence-corrected chi connectivity index (χ4v) is 3.58. The molecule has 0 saturated heterocycles. The molecule has 0 aromatic heterocycles. The zero-order valence-electron chi connectivity index (χ0n) is 20.0. The van der Waals surface area contributed by atoms with Gasteiger partial charge in [0.2, 0.25) is 0 Å². The molecule has 5 heteroatoms. The van der Waals surface area contributed by atoms with Crippen LogP contribution in [0.15, 0.2) is 24.3 Å². The Morgan fingerprint density at radius 2 is 1.12 bits per heavy atom. The Hall–Kier alpha value is -1.91. The quantitative estimate of drug-likeness (QED) is 0.154. The van der Waals surface area contributed by atoms with Gasteiger partial charge in [-0.25, -0.2) is 4.39 Å². The fourth-order valence-electron chi connectivity index (χ4n) is 3.58. The van der Waals surface area contributed by atoms with Crippen LogP contribution in [0.3, 0.4) is 0 Å². The number of esters is 2.